The molecule has 112 valence electrons. The molecule has 0 fully saturated rings. The highest BCUT2D eigenvalue weighted by Gasteiger charge is 2.16. The molecule has 0 saturated heterocycles. The number of methoxy groups -OCH3 is 1. The van der Waals surface area contributed by atoms with Crippen molar-refractivity contribution in [2.75, 3.05) is 7.11 Å². The molecule has 0 aromatic heterocycles. The summed E-state index contributed by atoms with van der Waals surface area (Å²) in [5, 5.41) is 0. The van der Waals surface area contributed by atoms with E-state index in [2.05, 4.69) is 61.0 Å². The van der Waals surface area contributed by atoms with Crippen molar-refractivity contribution in [3.8, 4) is 5.75 Å². The van der Waals surface area contributed by atoms with Crippen LogP contribution in [0, 0.1) is 5.82 Å². The van der Waals surface area contributed by atoms with Gasteiger partial charge in [-0.05, 0) is 34.2 Å². The van der Waals surface area contributed by atoms with Crippen molar-refractivity contribution in [3.05, 3.63) is 65.0 Å². The Hall–Kier alpha value is -1.35. The number of benzene rings is 2. The van der Waals surface area contributed by atoms with Crippen molar-refractivity contribution in [2.24, 2.45) is 0 Å². The van der Waals surface area contributed by atoms with E-state index in [4.69, 9.17) is 4.74 Å². The lowest BCUT2D eigenvalue weighted by molar-refractivity contribution is 0.386. The molecule has 0 bridgehead atoms. The maximum atomic E-state index is 13.5. The Bertz CT molecular complexity index is 614. The van der Waals surface area contributed by atoms with Gasteiger partial charge in [-0.1, -0.05) is 67.0 Å². The molecular formula is C18H20BrFO. The van der Waals surface area contributed by atoms with E-state index in [1.165, 1.54) is 18.7 Å². The summed E-state index contributed by atoms with van der Waals surface area (Å²) in [5.74, 6) is -0.0766. The third-order valence-electron chi connectivity index (χ3n) is 3.54. The number of alkyl halides is 1. The lowest BCUT2D eigenvalue weighted by Gasteiger charge is -2.20. The first-order chi connectivity index (χ1) is 9.82. The molecule has 3 heteroatoms. The third-order valence-corrected chi connectivity index (χ3v) is 4.59. The van der Waals surface area contributed by atoms with Crippen molar-refractivity contribution < 1.29 is 9.13 Å². The summed E-state index contributed by atoms with van der Waals surface area (Å²) in [5.41, 5.74) is 3.54. The minimum Gasteiger partial charge on any atom is -0.494 e. The molecule has 2 aromatic carbocycles. The fourth-order valence-electron chi connectivity index (χ4n) is 2.18. The van der Waals surface area contributed by atoms with Crippen LogP contribution in [0.5, 0.6) is 5.75 Å². The number of hydrogen-bond acceptors (Lipinski definition) is 1. The Balaban J connectivity index is 2.29. The molecule has 0 aliphatic rings. The number of rotatable bonds is 3. The molecule has 0 aliphatic heterocycles. The lowest BCUT2D eigenvalue weighted by atomic mass is 9.86. The van der Waals surface area contributed by atoms with E-state index in [0.29, 0.717) is 0 Å². The van der Waals surface area contributed by atoms with Gasteiger partial charge in [0.1, 0.15) is 0 Å². The molecule has 0 N–H and O–H groups in total. The summed E-state index contributed by atoms with van der Waals surface area (Å²) >= 11 is 3.68. The van der Waals surface area contributed by atoms with Gasteiger partial charge in [0.15, 0.2) is 11.6 Å². The molecule has 0 saturated carbocycles. The monoisotopic (exact) mass is 350 g/mol. The van der Waals surface area contributed by atoms with Crippen molar-refractivity contribution in [1.82, 2.24) is 0 Å². The second-order valence-corrected chi connectivity index (χ2v) is 7.04. The molecule has 0 spiro atoms. The van der Waals surface area contributed by atoms with Crippen LogP contribution in [0.15, 0.2) is 42.5 Å². The van der Waals surface area contributed by atoms with Crippen molar-refractivity contribution in [3.63, 3.8) is 0 Å². The van der Waals surface area contributed by atoms with Crippen molar-refractivity contribution in [2.45, 2.75) is 31.0 Å². The van der Waals surface area contributed by atoms with Crippen LogP contribution in [0.1, 0.15) is 42.3 Å². The van der Waals surface area contributed by atoms with Gasteiger partial charge in [-0.25, -0.2) is 4.39 Å². The highest BCUT2D eigenvalue weighted by atomic mass is 79.9. The van der Waals surface area contributed by atoms with Gasteiger partial charge < -0.3 is 4.74 Å². The first-order valence-electron chi connectivity index (χ1n) is 6.91. The first kappa shape index (κ1) is 16.0. The predicted molar refractivity (Wildman–Crippen MR) is 88.9 cm³/mol. The van der Waals surface area contributed by atoms with E-state index in [0.717, 1.165) is 11.1 Å². The zero-order valence-corrected chi connectivity index (χ0v) is 14.4. The van der Waals surface area contributed by atoms with Gasteiger partial charge >= 0.3 is 0 Å². The predicted octanol–water partition coefficient (Wildman–Crippen LogP) is 5.62. The summed E-state index contributed by atoms with van der Waals surface area (Å²) in [4.78, 5) is 0.0148. The Morgan fingerprint density at radius 2 is 1.57 bits per heavy atom. The molecule has 1 nitrogen and oxygen atoms in total. The number of ether oxygens (including phenoxy) is 1. The highest BCUT2D eigenvalue weighted by molar-refractivity contribution is 9.09. The fraction of sp³-hybridized carbons (Fsp3) is 0.333. The van der Waals surface area contributed by atoms with Gasteiger partial charge in [-0.15, -0.1) is 0 Å². The normalized spacial score (nSPS) is 13.0. The van der Waals surface area contributed by atoms with Crippen LogP contribution >= 0.6 is 15.9 Å². The van der Waals surface area contributed by atoms with E-state index >= 15 is 0 Å². The minimum atomic E-state index is -0.343. The number of hydrogen-bond donors (Lipinski definition) is 0. The molecule has 21 heavy (non-hydrogen) atoms. The lowest BCUT2D eigenvalue weighted by Crippen LogP contribution is -2.10. The van der Waals surface area contributed by atoms with Gasteiger partial charge in [0.2, 0.25) is 0 Å². The fourth-order valence-corrected chi connectivity index (χ4v) is 2.77. The van der Waals surface area contributed by atoms with Crippen LogP contribution in [-0.2, 0) is 5.41 Å². The van der Waals surface area contributed by atoms with Gasteiger partial charge in [0.05, 0.1) is 11.9 Å². The largest absolute Gasteiger partial charge is 0.494 e. The summed E-state index contributed by atoms with van der Waals surface area (Å²) in [6.07, 6.45) is 0. The maximum absolute atomic E-state index is 13.5. The first-order valence-corrected chi connectivity index (χ1v) is 7.82. The SMILES string of the molecule is COc1cc(C(Br)c2ccc(C(C)(C)C)cc2)ccc1F. The highest BCUT2D eigenvalue weighted by Crippen LogP contribution is 2.34. The molecular weight excluding hydrogens is 331 g/mol. The Labute approximate surface area is 134 Å². The average molecular weight is 351 g/mol. The van der Waals surface area contributed by atoms with Gasteiger partial charge in [0.25, 0.3) is 0 Å². The van der Waals surface area contributed by atoms with Crippen LogP contribution in [-0.4, -0.2) is 7.11 Å². The van der Waals surface area contributed by atoms with Crippen LogP contribution in [0.25, 0.3) is 0 Å². The van der Waals surface area contributed by atoms with Crippen LogP contribution < -0.4 is 4.74 Å². The van der Waals surface area contributed by atoms with Gasteiger partial charge in [-0.3, -0.25) is 0 Å². The minimum absolute atomic E-state index is 0.0148. The maximum Gasteiger partial charge on any atom is 0.165 e. The van der Waals surface area contributed by atoms with Crippen molar-refractivity contribution >= 4 is 15.9 Å². The molecule has 1 atom stereocenters. The summed E-state index contributed by atoms with van der Waals surface area (Å²) < 4.78 is 18.5. The van der Waals surface area contributed by atoms with Crippen LogP contribution in [0.2, 0.25) is 0 Å². The molecule has 2 aromatic rings. The summed E-state index contributed by atoms with van der Waals surface area (Å²) in [7, 11) is 1.48. The van der Waals surface area contributed by atoms with E-state index in [1.54, 1.807) is 12.1 Å². The molecule has 0 heterocycles. The molecule has 0 amide bonds. The van der Waals surface area contributed by atoms with E-state index < -0.39 is 0 Å². The van der Waals surface area contributed by atoms with Crippen molar-refractivity contribution in [1.29, 1.82) is 0 Å². The molecule has 0 aliphatic carbocycles. The van der Waals surface area contributed by atoms with E-state index in [-0.39, 0.29) is 21.8 Å². The van der Waals surface area contributed by atoms with Crippen LogP contribution in [0.3, 0.4) is 0 Å². The topological polar surface area (TPSA) is 9.23 Å². The second kappa shape index (κ2) is 6.18. The van der Waals surface area contributed by atoms with Gasteiger partial charge in [0, 0.05) is 0 Å². The Morgan fingerprint density at radius 3 is 2.10 bits per heavy atom. The van der Waals surface area contributed by atoms with Crippen LogP contribution in [0.4, 0.5) is 4.39 Å². The Kier molecular flexibility index (Phi) is 4.72. The summed E-state index contributed by atoms with van der Waals surface area (Å²) in [6, 6.07) is 13.4. The summed E-state index contributed by atoms with van der Waals surface area (Å²) in [6.45, 7) is 6.58. The molecule has 0 radical (unpaired) electrons. The smallest absolute Gasteiger partial charge is 0.165 e. The Morgan fingerprint density at radius 1 is 1.00 bits per heavy atom. The standard InChI is InChI=1S/C18H20BrFO/c1-18(2,3)14-8-5-12(6-9-14)17(19)13-7-10-15(20)16(11-13)21-4/h5-11,17H,1-4H3. The van der Waals surface area contributed by atoms with Gasteiger partial charge in [-0.2, -0.15) is 0 Å². The zero-order chi connectivity index (χ0) is 15.6. The third kappa shape index (κ3) is 3.65. The van der Waals surface area contributed by atoms with E-state index in [1.807, 2.05) is 0 Å². The quantitative estimate of drug-likeness (QED) is 0.653. The molecule has 1 unspecified atom stereocenters. The zero-order valence-electron chi connectivity index (χ0n) is 12.8. The average Bonchev–Trinajstić information content (AvgIpc) is 2.46. The van der Waals surface area contributed by atoms with E-state index in [9.17, 15) is 4.39 Å². The molecule has 2 rings (SSSR count). The second-order valence-electron chi connectivity index (χ2n) is 6.13. The number of halogens is 2.